The Kier molecular flexibility index (Phi) is 33.9. The minimum absolute atomic E-state index is 0.00965. The highest BCUT2D eigenvalue weighted by Gasteiger charge is 2.44. The highest BCUT2D eigenvalue weighted by molar-refractivity contribution is 7.11. The van der Waals surface area contributed by atoms with E-state index in [1.165, 1.54) is 43.2 Å². The summed E-state index contributed by atoms with van der Waals surface area (Å²) < 4.78 is 21.9. The molecule has 18 rings (SSSR count). The summed E-state index contributed by atoms with van der Waals surface area (Å²) in [5, 5.41) is 16.6. The molecule has 43 nitrogen and oxygen atoms in total. The molecular weight excluding hydrogens is 2020 g/mol. The van der Waals surface area contributed by atoms with Crippen LogP contribution in [0.5, 0.6) is 17.2 Å². The van der Waals surface area contributed by atoms with Gasteiger partial charge in [0.15, 0.2) is 23.3 Å². The van der Waals surface area contributed by atoms with Crippen LogP contribution < -0.4 is 67.4 Å². The molecule has 12 aromatic heterocycles. The predicted molar refractivity (Wildman–Crippen MR) is 567 cm³/mol. The lowest BCUT2D eigenvalue weighted by Gasteiger charge is -2.25. The number of thiazole rings is 1. The number of nitrogen functional groups attached to an aromatic ring is 4. The molecule has 149 heavy (non-hydrogen) atoms. The average molecular weight is 2130 g/mol. The van der Waals surface area contributed by atoms with Crippen LogP contribution in [0.2, 0.25) is 20.6 Å². The van der Waals surface area contributed by atoms with E-state index in [2.05, 4.69) is 124 Å². The second-order valence-electron chi connectivity index (χ2n) is 36.6. The van der Waals surface area contributed by atoms with E-state index >= 15 is 0 Å². The quantitative estimate of drug-likeness (QED) is 0.0153. The van der Waals surface area contributed by atoms with E-state index in [4.69, 9.17) is 88.3 Å². The molecular formula is C101H114Cl4N30O13S. The Morgan fingerprint density at radius 2 is 0.906 bits per heavy atom. The molecule has 0 spiro atoms. The molecule has 0 unspecified atom stereocenters. The van der Waals surface area contributed by atoms with E-state index in [9.17, 15) is 43.5 Å². The number of likely N-dealkylation sites (N-methyl/N-ethyl adjacent to an activating group) is 1. The molecule has 15 N–H and O–H groups in total. The van der Waals surface area contributed by atoms with Gasteiger partial charge in [-0.1, -0.05) is 74.1 Å². The number of pyridine rings is 3. The fraction of sp³-hybridized carbons (Fsp3) is 0.376. The monoisotopic (exact) mass is 2130 g/mol. The van der Waals surface area contributed by atoms with E-state index in [-0.39, 0.29) is 183 Å². The molecule has 6 amide bonds. The number of fused-ring (bicyclic) bond motifs is 4. The third-order valence-corrected chi connectivity index (χ3v) is 28.5. The molecule has 0 atom stereocenters. The first kappa shape index (κ1) is 108. The fourth-order valence-corrected chi connectivity index (χ4v) is 20.1. The van der Waals surface area contributed by atoms with Crippen molar-refractivity contribution >= 4 is 198 Å². The van der Waals surface area contributed by atoms with Gasteiger partial charge in [0, 0.05) is 150 Å². The zero-order valence-electron chi connectivity index (χ0n) is 84.9. The van der Waals surface area contributed by atoms with E-state index in [0.29, 0.717) is 159 Å². The number of aliphatic hydroxyl groups is 1. The topological polar surface area (TPSA) is 595 Å². The molecule has 0 bridgehead atoms. The SMILES string of the molecule is CCN(CC)CCNC(=O)c1c[nH]c(/C=C2\C(=O)N(Cc3nc(C)c(C)s3)c3nc(N)nc(Cl)c32)c1C.COc1c(C)cnc(CN2C(=O)/C(=C\c3ncc(C(=O)NC4CCC(O)CC4)[nH]3)c3c(Cl)nc(N)nc32)c1C.COc1c(C)cnc(CN2C(=O)/C(=C\c3ncc(CC(=O)C(C)C)[nH]3)c3c(Cl)nc(N)nc32)c1C.COc1c(C)cnc(CN2C(=O)/C(=C\c3ncc(CC(=O)C4CCOCC4)[nH]3)c3c(Cl)nc(N)nc32)c1C. The lowest BCUT2D eigenvalue weighted by atomic mass is 9.93. The van der Waals surface area contributed by atoms with E-state index < -0.39 is 5.91 Å². The summed E-state index contributed by atoms with van der Waals surface area (Å²) in [4.78, 5) is 191. The standard InChI is InChI=1S/C26H29ClN8O4.C26H28ClN7O4.C25H31ClN8O2S.C24H26ClN7O3/c1-12-9-29-18(13(2)21(12)39-3)11-35-23-20(22(27)33-26(28)34-23)16(25(35)38)8-19-30-10-17(32-19)24(37)31-14-4-6-15(36)7-5-14;1-13-10-29-18(14(2)22(13)37-3)12-34-24-21(23(27)32-26(28)33-24)17(25(34)36)9-20-30-11-16(31-20)8-19(35)15-4-6-38-7-5-15;1-6-33(7-2)9-8-28-23(35)17-11-29-18(13(17)3)10-16-20-21(26)31-25(27)32-22(20)34(24(16)36)12-19-30-14(4)15(5)37-19;1-11(2)17(33)6-14-9-28-18(29-14)7-15-19-21(25)30-24(26)31-22(19)32(23(15)34)10-16-13(4)20(35-5)12(3)8-27-16/h8-10,14-15,36H,4-7,11H2,1-3H3,(H,30,32)(H,31,37)(H2,28,33,34);9-11,15H,4-8,12H2,1-3H3,(H,30,31)(H2,28,32,33);10-11,29H,6-9,12H2,1-5H3,(H,28,35)(H2,27,31,32);7-9,11H,6,10H2,1-5H3,(H,28,29)(H2,26,30,31)/b16-8-;17-9-;16-10-;15-7-. The van der Waals surface area contributed by atoms with Gasteiger partial charge >= 0.3 is 0 Å². The maximum Gasteiger partial charge on any atom is 0.269 e. The number of H-pyrrole nitrogens is 4. The van der Waals surface area contributed by atoms with Gasteiger partial charge < -0.3 is 82.5 Å². The molecule has 2 fully saturated rings. The van der Waals surface area contributed by atoms with Crippen molar-refractivity contribution in [1.82, 2.24) is 110 Å². The minimum atomic E-state index is -0.393. The number of aryl methyl sites for hydroxylation is 5. The summed E-state index contributed by atoms with van der Waals surface area (Å²) >= 11 is 27.3. The highest BCUT2D eigenvalue weighted by Crippen LogP contribution is 2.48. The number of rotatable bonds is 29. The lowest BCUT2D eigenvalue weighted by Crippen LogP contribution is -2.38. The van der Waals surface area contributed by atoms with Crippen molar-refractivity contribution in [3.8, 4) is 17.2 Å². The number of methoxy groups -OCH3 is 3. The second kappa shape index (κ2) is 46.6. The fourth-order valence-electron chi connectivity index (χ4n) is 18.1. The van der Waals surface area contributed by atoms with Gasteiger partial charge in [0.25, 0.3) is 35.4 Å². The van der Waals surface area contributed by atoms with Crippen molar-refractivity contribution in [3.63, 3.8) is 0 Å². The van der Waals surface area contributed by atoms with Gasteiger partial charge in [-0.15, -0.1) is 11.3 Å². The van der Waals surface area contributed by atoms with Crippen LogP contribution in [0.15, 0.2) is 43.4 Å². The Morgan fingerprint density at radius 1 is 0.510 bits per heavy atom. The number of nitrogens with zero attached hydrogens (tertiary/aromatic N) is 20. The number of ketones is 2. The summed E-state index contributed by atoms with van der Waals surface area (Å²) in [5.41, 5.74) is 37.3. The largest absolute Gasteiger partial charge is 0.496 e. The van der Waals surface area contributed by atoms with Crippen LogP contribution in [-0.4, -0.2) is 225 Å². The number of nitrogens with one attached hydrogen (secondary N) is 6. The molecule has 5 aliphatic heterocycles. The molecule has 1 saturated heterocycles. The summed E-state index contributed by atoms with van der Waals surface area (Å²) in [6, 6.07) is -0.0123. The first-order chi connectivity index (χ1) is 71.2. The number of amides is 6. The molecule has 12 aromatic rings. The summed E-state index contributed by atoms with van der Waals surface area (Å²) in [6.45, 7) is 30.0. The van der Waals surface area contributed by atoms with Gasteiger partial charge in [0.05, 0.1) is 133 Å². The molecule has 0 aromatic carbocycles. The van der Waals surface area contributed by atoms with Crippen LogP contribution in [0.25, 0.3) is 46.6 Å². The van der Waals surface area contributed by atoms with Gasteiger partial charge in [-0.2, -0.15) is 19.9 Å². The van der Waals surface area contributed by atoms with Crippen molar-refractivity contribution in [1.29, 1.82) is 0 Å². The smallest absolute Gasteiger partial charge is 0.269 e. The number of aromatic nitrogens is 19. The number of carbonyl (C=O) groups is 8. The minimum Gasteiger partial charge on any atom is -0.496 e. The maximum atomic E-state index is 13.7. The first-order valence-corrected chi connectivity index (χ1v) is 50.3. The van der Waals surface area contributed by atoms with Crippen molar-refractivity contribution in [2.75, 3.05) is 103 Å². The zero-order valence-corrected chi connectivity index (χ0v) is 88.7. The Bertz CT molecular complexity index is 7350. The zero-order chi connectivity index (χ0) is 107. The van der Waals surface area contributed by atoms with Gasteiger partial charge in [-0.3, -0.25) is 72.9 Å². The maximum absolute atomic E-state index is 13.7. The van der Waals surface area contributed by atoms with Crippen LogP contribution in [0.4, 0.5) is 47.1 Å². The number of aliphatic hydroxyl groups excluding tert-OH is 1. The third-order valence-electron chi connectivity index (χ3n) is 26.4. The normalized spacial score (nSPS) is 16.3. The molecule has 48 heteroatoms. The molecule has 17 heterocycles. The van der Waals surface area contributed by atoms with Gasteiger partial charge in [0.2, 0.25) is 23.8 Å². The predicted octanol–water partition coefficient (Wildman–Crippen LogP) is 12.5. The van der Waals surface area contributed by atoms with Crippen LogP contribution in [0, 0.1) is 74.1 Å². The van der Waals surface area contributed by atoms with Gasteiger partial charge in [-0.05, 0) is 144 Å². The number of hydrogen-bond acceptors (Lipinski definition) is 34. The van der Waals surface area contributed by atoms with E-state index in [1.54, 1.807) is 76.7 Å². The Hall–Kier alpha value is -14.9. The number of hydrogen-bond donors (Lipinski definition) is 11. The number of imidazole rings is 3. The summed E-state index contributed by atoms with van der Waals surface area (Å²) in [5.74, 6) is 2.48. The third kappa shape index (κ3) is 23.8. The van der Waals surface area contributed by atoms with Crippen molar-refractivity contribution in [2.24, 2.45) is 11.8 Å². The molecule has 780 valence electrons. The van der Waals surface area contributed by atoms with Crippen LogP contribution in [0.1, 0.15) is 215 Å². The average Bonchev–Trinajstić information content (AvgIpc) is 1.61. The first-order valence-electron chi connectivity index (χ1n) is 48.0. The molecule has 1 saturated carbocycles. The Morgan fingerprint density at radius 3 is 1.30 bits per heavy atom. The van der Waals surface area contributed by atoms with E-state index in [1.807, 2.05) is 76.2 Å². The van der Waals surface area contributed by atoms with Crippen molar-refractivity contribution in [3.05, 3.63) is 204 Å². The number of ether oxygens (including phenoxy) is 4. The van der Waals surface area contributed by atoms with Crippen LogP contribution >= 0.6 is 57.7 Å². The summed E-state index contributed by atoms with van der Waals surface area (Å²) in [6.07, 6.45) is 22.0. The number of halogens is 4. The van der Waals surface area contributed by atoms with E-state index in [0.717, 1.165) is 87.0 Å². The number of carbonyl (C=O) groups excluding carboxylic acids is 8. The number of Topliss-reactive ketones (excluding diaryl/α,β-unsaturated/α-hetero) is 2. The Labute approximate surface area is 881 Å². The number of nitrogens with two attached hydrogens (primary N) is 4. The molecule has 6 aliphatic rings. The molecule has 1 aliphatic carbocycles. The number of anilines is 8. The van der Waals surface area contributed by atoms with Crippen LogP contribution in [0.3, 0.4) is 0 Å². The van der Waals surface area contributed by atoms with Crippen LogP contribution in [-0.2, 0) is 72.5 Å². The van der Waals surface area contributed by atoms with Crippen molar-refractivity contribution in [2.45, 2.75) is 180 Å². The molecule has 0 radical (unpaired) electrons. The highest BCUT2D eigenvalue weighted by atomic mass is 35.5. The second-order valence-corrected chi connectivity index (χ2v) is 39.3. The lowest BCUT2D eigenvalue weighted by molar-refractivity contribution is -0.125. The summed E-state index contributed by atoms with van der Waals surface area (Å²) in [7, 11) is 4.77. The Balaban J connectivity index is 0.000000149. The van der Waals surface area contributed by atoms with Crippen molar-refractivity contribution < 1.29 is 62.4 Å². The number of aromatic amines is 4. The van der Waals surface area contributed by atoms with Gasteiger partial charge in [-0.25, -0.2) is 39.9 Å². The van der Waals surface area contributed by atoms with Gasteiger partial charge in [0.1, 0.15) is 77.6 Å².